The highest BCUT2D eigenvalue weighted by molar-refractivity contribution is 8.00. The van der Waals surface area contributed by atoms with Gasteiger partial charge in [0.15, 0.2) is 0 Å². The molecular formula is C16H21F2N3O2S. The quantitative estimate of drug-likeness (QED) is 0.806. The zero-order chi connectivity index (χ0) is 17.7. The molecule has 1 aromatic carbocycles. The molecule has 1 aromatic rings. The summed E-state index contributed by atoms with van der Waals surface area (Å²) in [6.07, 6.45) is 0.152. The normalized spacial score (nSPS) is 17.6. The van der Waals surface area contributed by atoms with Crippen molar-refractivity contribution in [2.24, 2.45) is 0 Å². The molecular weight excluding hydrogens is 336 g/mol. The van der Waals surface area contributed by atoms with E-state index in [1.807, 2.05) is 19.0 Å². The molecule has 1 aliphatic heterocycles. The van der Waals surface area contributed by atoms with E-state index < -0.39 is 17.0 Å². The van der Waals surface area contributed by atoms with Gasteiger partial charge in [0.2, 0.25) is 11.8 Å². The number of halogens is 2. The Morgan fingerprint density at radius 2 is 2.17 bits per heavy atom. The van der Waals surface area contributed by atoms with Crippen molar-refractivity contribution in [3.8, 4) is 0 Å². The van der Waals surface area contributed by atoms with E-state index in [-0.39, 0.29) is 36.1 Å². The molecule has 0 aromatic heterocycles. The van der Waals surface area contributed by atoms with Crippen LogP contribution < -0.4 is 5.32 Å². The van der Waals surface area contributed by atoms with Gasteiger partial charge in [-0.05, 0) is 20.2 Å². The summed E-state index contributed by atoms with van der Waals surface area (Å²) in [7, 11) is 3.82. The lowest BCUT2D eigenvalue weighted by molar-refractivity contribution is -0.129. The molecule has 0 bridgehead atoms. The predicted molar refractivity (Wildman–Crippen MR) is 89.5 cm³/mol. The van der Waals surface area contributed by atoms with Crippen molar-refractivity contribution >= 4 is 23.6 Å². The van der Waals surface area contributed by atoms with Crippen LogP contribution in [0.1, 0.15) is 17.4 Å². The van der Waals surface area contributed by atoms with Crippen LogP contribution in [-0.4, -0.2) is 61.1 Å². The highest BCUT2D eigenvalue weighted by Gasteiger charge is 2.34. The van der Waals surface area contributed by atoms with E-state index in [9.17, 15) is 18.4 Å². The molecule has 2 rings (SSSR count). The van der Waals surface area contributed by atoms with Crippen LogP contribution in [0.4, 0.5) is 8.78 Å². The summed E-state index contributed by atoms with van der Waals surface area (Å²) < 4.78 is 27.0. The first-order valence-corrected chi connectivity index (χ1v) is 8.71. The Hall–Kier alpha value is -1.67. The Balaban J connectivity index is 1.94. The van der Waals surface area contributed by atoms with Crippen LogP contribution in [-0.2, 0) is 9.59 Å². The van der Waals surface area contributed by atoms with Crippen molar-refractivity contribution < 1.29 is 18.4 Å². The van der Waals surface area contributed by atoms with Crippen molar-refractivity contribution in [1.29, 1.82) is 0 Å². The van der Waals surface area contributed by atoms with E-state index in [1.165, 1.54) is 28.8 Å². The number of amides is 2. The van der Waals surface area contributed by atoms with Crippen LogP contribution in [0.25, 0.3) is 0 Å². The molecule has 0 radical (unpaired) electrons. The van der Waals surface area contributed by atoms with Crippen LogP contribution in [0.2, 0.25) is 0 Å². The Bertz CT molecular complexity index is 613. The lowest BCUT2D eigenvalue weighted by Gasteiger charge is -2.24. The van der Waals surface area contributed by atoms with Gasteiger partial charge in [-0.15, -0.1) is 11.8 Å². The van der Waals surface area contributed by atoms with Gasteiger partial charge >= 0.3 is 0 Å². The van der Waals surface area contributed by atoms with E-state index in [2.05, 4.69) is 5.32 Å². The largest absolute Gasteiger partial charge is 0.355 e. The van der Waals surface area contributed by atoms with Crippen molar-refractivity contribution in [3.63, 3.8) is 0 Å². The second kappa shape index (κ2) is 8.43. The fourth-order valence-electron chi connectivity index (χ4n) is 2.38. The number of carbonyl (C=O) groups excluding carboxylic acids is 2. The monoisotopic (exact) mass is 357 g/mol. The summed E-state index contributed by atoms with van der Waals surface area (Å²) in [5, 5.41) is 2.26. The van der Waals surface area contributed by atoms with Gasteiger partial charge in [0.1, 0.15) is 17.0 Å². The molecule has 24 heavy (non-hydrogen) atoms. The Morgan fingerprint density at radius 3 is 2.83 bits per heavy atom. The molecule has 0 aliphatic carbocycles. The average molecular weight is 357 g/mol. The highest BCUT2D eigenvalue weighted by Crippen LogP contribution is 2.39. The van der Waals surface area contributed by atoms with E-state index in [4.69, 9.17) is 0 Å². The summed E-state index contributed by atoms with van der Waals surface area (Å²) in [4.78, 5) is 27.3. The second-order valence-electron chi connectivity index (χ2n) is 5.82. The number of nitrogens with one attached hydrogen (secondary N) is 1. The van der Waals surface area contributed by atoms with Crippen molar-refractivity contribution in [1.82, 2.24) is 15.1 Å². The van der Waals surface area contributed by atoms with Crippen LogP contribution in [0.5, 0.6) is 0 Å². The molecule has 0 unspecified atom stereocenters. The third-order valence-corrected chi connectivity index (χ3v) is 4.90. The second-order valence-corrected chi connectivity index (χ2v) is 6.89. The minimum absolute atomic E-state index is 0.144. The van der Waals surface area contributed by atoms with Gasteiger partial charge in [0.05, 0.1) is 5.75 Å². The van der Waals surface area contributed by atoms with Crippen LogP contribution in [0.3, 0.4) is 0 Å². The third-order valence-electron chi connectivity index (χ3n) is 3.66. The molecule has 2 amide bonds. The molecule has 1 heterocycles. The van der Waals surface area contributed by atoms with Gasteiger partial charge in [0.25, 0.3) is 0 Å². The molecule has 1 saturated heterocycles. The predicted octanol–water partition coefficient (Wildman–Crippen LogP) is 1.61. The molecule has 0 saturated carbocycles. The molecule has 1 N–H and O–H groups in total. The number of rotatable bonds is 7. The van der Waals surface area contributed by atoms with Crippen LogP contribution in [0.15, 0.2) is 18.2 Å². The first-order valence-electron chi connectivity index (χ1n) is 7.66. The van der Waals surface area contributed by atoms with Crippen LogP contribution in [0, 0.1) is 11.6 Å². The summed E-state index contributed by atoms with van der Waals surface area (Å²) in [5.41, 5.74) is 0.264. The van der Waals surface area contributed by atoms with E-state index in [1.54, 1.807) is 0 Å². The Kier molecular flexibility index (Phi) is 6.56. The number of nitrogens with zero attached hydrogens (tertiary/aromatic N) is 2. The fourth-order valence-corrected chi connectivity index (χ4v) is 3.62. The third kappa shape index (κ3) is 4.91. The maximum Gasteiger partial charge on any atom is 0.233 e. The van der Waals surface area contributed by atoms with Crippen molar-refractivity contribution in [3.05, 3.63) is 35.4 Å². The Morgan fingerprint density at radius 1 is 1.42 bits per heavy atom. The first-order chi connectivity index (χ1) is 11.4. The average Bonchev–Trinajstić information content (AvgIpc) is 2.85. The van der Waals surface area contributed by atoms with Crippen LogP contribution >= 0.6 is 11.8 Å². The number of hydrogen-bond donors (Lipinski definition) is 1. The van der Waals surface area contributed by atoms with Gasteiger partial charge in [0, 0.05) is 37.7 Å². The van der Waals surface area contributed by atoms with Gasteiger partial charge in [-0.1, -0.05) is 6.07 Å². The van der Waals surface area contributed by atoms with E-state index >= 15 is 0 Å². The molecule has 0 spiro atoms. The van der Waals surface area contributed by atoms with Gasteiger partial charge in [-0.3, -0.25) is 9.59 Å². The molecule has 1 atom stereocenters. The maximum atomic E-state index is 14.0. The number of hydrogen-bond acceptors (Lipinski definition) is 4. The van der Waals surface area contributed by atoms with Crippen molar-refractivity contribution in [2.75, 3.05) is 39.5 Å². The molecule has 8 heteroatoms. The summed E-state index contributed by atoms with van der Waals surface area (Å²) >= 11 is 1.28. The fraction of sp³-hybridized carbons (Fsp3) is 0.500. The molecule has 1 aliphatic rings. The SMILES string of the molecule is CN(C)CCNC(=O)CCN1C(=O)CS[C@@H]1c1ccc(F)cc1F. The van der Waals surface area contributed by atoms with Gasteiger partial charge < -0.3 is 15.1 Å². The summed E-state index contributed by atoms with van der Waals surface area (Å²) in [5.74, 6) is -1.40. The van der Waals surface area contributed by atoms with Gasteiger partial charge in [-0.2, -0.15) is 0 Å². The van der Waals surface area contributed by atoms with E-state index in [0.29, 0.717) is 6.54 Å². The number of thioether (sulfide) groups is 1. The summed E-state index contributed by atoms with van der Waals surface area (Å²) in [6, 6.07) is 3.34. The first kappa shape index (κ1) is 18.7. The smallest absolute Gasteiger partial charge is 0.233 e. The zero-order valence-electron chi connectivity index (χ0n) is 13.7. The standard InChI is InChI=1S/C16H21F2N3O2S/c1-20(2)8-6-19-14(22)5-7-21-15(23)10-24-16(21)12-4-3-11(17)9-13(12)18/h3-4,9,16H,5-8,10H2,1-2H3,(H,19,22)/t16-/m1/s1. The minimum Gasteiger partial charge on any atom is -0.355 e. The van der Waals surface area contributed by atoms with E-state index in [0.717, 1.165) is 12.6 Å². The number of benzene rings is 1. The molecule has 5 nitrogen and oxygen atoms in total. The minimum atomic E-state index is -0.678. The topological polar surface area (TPSA) is 52.7 Å². The maximum absolute atomic E-state index is 14.0. The lowest BCUT2D eigenvalue weighted by atomic mass is 10.2. The Labute approximate surface area is 144 Å². The molecule has 132 valence electrons. The number of carbonyl (C=O) groups is 2. The number of likely N-dealkylation sites (N-methyl/N-ethyl adjacent to an activating group) is 1. The van der Waals surface area contributed by atoms with Crippen molar-refractivity contribution in [2.45, 2.75) is 11.8 Å². The van der Waals surface area contributed by atoms with Gasteiger partial charge in [-0.25, -0.2) is 8.78 Å². The molecule has 1 fully saturated rings. The zero-order valence-corrected chi connectivity index (χ0v) is 14.5. The lowest BCUT2D eigenvalue weighted by Crippen LogP contribution is -2.35. The highest BCUT2D eigenvalue weighted by atomic mass is 32.2. The summed E-state index contributed by atoms with van der Waals surface area (Å²) in [6.45, 7) is 1.47.